The molecule has 2 saturated carbocycles. The maximum absolute atomic E-state index is 12.4. The van der Waals surface area contributed by atoms with Crippen LogP contribution in [0.25, 0.3) is 0 Å². The summed E-state index contributed by atoms with van der Waals surface area (Å²) in [5.41, 5.74) is 0. The Morgan fingerprint density at radius 2 is 1.69 bits per heavy atom. The number of amides is 1. The van der Waals surface area contributed by atoms with Gasteiger partial charge in [-0.2, -0.15) is 0 Å². The molecule has 1 aliphatic heterocycles. The topological polar surface area (TPSA) is 59.0 Å². The Labute approximate surface area is 159 Å². The largest absolute Gasteiger partial charge is 0.363 e. The van der Waals surface area contributed by atoms with Crippen molar-refractivity contribution in [3.05, 3.63) is 0 Å². The Morgan fingerprint density at radius 3 is 2.27 bits per heavy atom. The summed E-state index contributed by atoms with van der Waals surface area (Å²) < 4.78 is 0. The highest BCUT2D eigenvalue weighted by molar-refractivity contribution is 5.76. The lowest BCUT2D eigenvalue weighted by Gasteiger charge is -2.33. The molecule has 3 rings (SSSR count). The van der Waals surface area contributed by atoms with E-state index in [1.807, 2.05) is 25.7 Å². The van der Waals surface area contributed by atoms with Crippen LogP contribution in [0.4, 0.5) is 0 Å². The van der Waals surface area contributed by atoms with Crippen LogP contribution in [0.5, 0.6) is 0 Å². The van der Waals surface area contributed by atoms with Crippen LogP contribution in [-0.4, -0.2) is 40.9 Å². The van der Waals surface area contributed by atoms with E-state index in [9.17, 15) is 9.90 Å². The summed E-state index contributed by atoms with van der Waals surface area (Å²) in [6, 6.07) is 0. The first-order valence-corrected chi connectivity index (χ1v) is 10.9. The third kappa shape index (κ3) is 5.93. The fourth-order valence-electron chi connectivity index (χ4n) is 4.36. The maximum Gasteiger partial charge on any atom is 0.222 e. The van der Waals surface area contributed by atoms with Gasteiger partial charge in [0.2, 0.25) is 11.7 Å². The van der Waals surface area contributed by atoms with E-state index in [0.717, 1.165) is 64.5 Å². The molecule has 2 aliphatic carbocycles. The van der Waals surface area contributed by atoms with Gasteiger partial charge in [-0.25, -0.2) is 9.78 Å². The average Bonchev–Trinajstić information content (AvgIpc) is 3.02. The van der Waals surface area contributed by atoms with Crippen molar-refractivity contribution in [2.75, 3.05) is 13.1 Å². The zero-order valence-corrected chi connectivity index (χ0v) is 17.0. The van der Waals surface area contributed by atoms with Gasteiger partial charge >= 0.3 is 0 Å². The molecule has 2 atom stereocenters. The zero-order chi connectivity index (χ0) is 19.0. The van der Waals surface area contributed by atoms with Crippen LogP contribution >= 0.6 is 0 Å². The van der Waals surface area contributed by atoms with Crippen molar-refractivity contribution in [2.45, 2.75) is 103 Å². The molecule has 1 N–H and O–H groups in total. The number of carbonyl (C=O) groups is 1. The number of likely N-dealkylation sites (tertiary alicyclic amines) is 1. The van der Waals surface area contributed by atoms with Crippen molar-refractivity contribution in [2.24, 2.45) is 11.8 Å². The van der Waals surface area contributed by atoms with Gasteiger partial charge < -0.3 is 10.0 Å². The summed E-state index contributed by atoms with van der Waals surface area (Å²) >= 11 is 0. The van der Waals surface area contributed by atoms with Crippen LogP contribution in [0.3, 0.4) is 0 Å². The van der Waals surface area contributed by atoms with E-state index < -0.39 is 5.79 Å². The smallest absolute Gasteiger partial charge is 0.222 e. The van der Waals surface area contributed by atoms with Gasteiger partial charge in [0.1, 0.15) is 0 Å². The number of nitrogens with zero attached hydrogens (tertiary/aromatic N) is 1. The Bertz CT molecular complexity index is 416. The summed E-state index contributed by atoms with van der Waals surface area (Å²) in [6.45, 7) is 7.91. The van der Waals surface area contributed by atoms with Crippen molar-refractivity contribution < 1.29 is 19.7 Å². The van der Waals surface area contributed by atoms with Crippen molar-refractivity contribution in [3.8, 4) is 0 Å². The molecule has 0 aromatic heterocycles. The van der Waals surface area contributed by atoms with E-state index >= 15 is 0 Å². The Balaban J connectivity index is 0.00000117. The number of hydrogen-bond donors (Lipinski definition) is 1. The van der Waals surface area contributed by atoms with Gasteiger partial charge in [-0.05, 0) is 63.7 Å². The minimum Gasteiger partial charge on any atom is -0.363 e. The number of aliphatic hydroxyl groups is 1. The maximum atomic E-state index is 12.4. The molecule has 5 heteroatoms. The van der Waals surface area contributed by atoms with E-state index in [-0.39, 0.29) is 12.0 Å². The molecule has 5 nitrogen and oxygen atoms in total. The zero-order valence-electron chi connectivity index (χ0n) is 17.0. The molecule has 1 saturated heterocycles. The van der Waals surface area contributed by atoms with E-state index in [2.05, 4.69) is 0 Å². The molecule has 0 bridgehead atoms. The van der Waals surface area contributed by atoms with Gasteiger partial charge in [0.15, 0.2) is 0 Å². The van der Waals surface area contributed by atoms with Crippen LogP contribution in [0.15, 0.2) is 0 Å². The van der Waals surface area contributed by atoms with Gasteiger partial charge in [0.05, 0.1) is 6.10 Å². The first-order chi connectivity index (χ1) is 12.6. The highest BCUT2D eigenvalue weighted by atomic mass is 17.2. The Morgan fingerprint density at radius 1 is 1.04 bits per heavy atom. The first kappa shape index (κ1) is 21.6. The Kier molecular flexibility index (Phi) is 8.85. The van der Waals surface area contributed by atoms with E-state index in [0.29, 0.717) is 24.7 Å². The summed E-state index contributed by atoms with van der Waals surface area (Å²) in [7, 11) is 0. The lowest BCUT2D eigenvalue weighted by atomic mass is 9.85. The van der Waals surface area contributed by atoms with E-state index in [4.69, 9.17) is 9.78 Å². The SMILES string of the molecule is CC.CC1CCCC1(O)OOC1CCC(CC(=O)N2CCCCC2)CC1. The molecule has 0 aromatic rings. The van der Waals surface area contributed by atoms with Gasteiger partial charge in [-0.15, -0.1) is 0 Å². The fraction of sp³-hybridized carbons (Fsp3) is 0.952. The lowest BCUT2D eigenvalue weighted by Crippen LogP contribution is -2.38. The van der Waals surface area contributed by atoms with Crippen LogP contribution in [-0.2, 0) is 14.6 Å². The molecular weight excluding hydrogens is 330 g/mol. The quantitative estimate of drug-likeness (QED) is 0.442. The highest BCUT2D eigenvalue weighted by Crippen LogP contribution is 2.38. The molecule has 1 heterocycles. The van der Waals surface area contributed by atoms with Crippen molar-refractivity contribution >= 4 is 5.91 Å². The second-order valence-electron chi connectivity index (χ2n) is 8.11. The number of hydrogen-bond acceptors (Lipinski definition) is 4. The summed E-state index contributed by atoms with van der Waals surface area (Å²) in [6.07, 6.45) is 10.8. The average molecular weight is 370 g/mol. The van der Waals surface area contributed by atoms with Gasteiger partial charge in [0, 0.05) is 31.8 Å². The minimum atomic E-state index is -1.10. The van der Waals surface area contributed by atoms with Crippen molar-refractivity contribution in [1.29, 1.82) is 0 Å². The Hall–Kier alpha value is -0.650. The molecule has 0 spiro atoms. The molecule has 0 aromatic carbocycles. The lowest BCUT2D eigenvalue weighted by molar-refractivity contribution is -0.446. The van der Waals surface area contributed by atoms with Crippen LogP contribution in [0, 0.1) is 11.8 Å². The molecule has 152 valence electrons. The second kappa shape index (κ2) is 10.6. The normalized spacial score (nSPS) is 34.9. The number of carbonyl (C=O) groups excluding carboxylic acids is 1. The third-order valence-electron chi connectivity index (χ3n) is 6.24. The van der Waals surface area contributed by atoms with Crippen LogP contribution < -0.4 is 0 Å². The van der Waals surface area contributed by atoms with E-state index in [1.54, 1.807) is 0 Å². The summed E-state index contributed by atoms with van der Waals surface area (Å²) in [5, 5.41) is 10.4. The van der Waals surface area contributed by atoms with Crippen molar-refractivity contribution in [1.82, 2.24) is 4.90 Å². The predicted octanol–water partition coefficient (Wildman–Crippen LogP) is 4.43. The molecule has 1 amide bonds. The van der Waals surface area contributed by atoms with Crippen molar-refractivity contribution in [3.63, 3.8) is 0 Å². The number of piperidine rings is 1. The third-order valence-corrected chi connectivity index (χ3v) is 6.24. The predicted molar refractivity (Wildman–Crippen MR) is 102 cm³/mol. The monoisotopic (exact) mass is 369 g/mol. The first-order valence-electron chi connectivity index (χ1n) is 10.9. The van der Waals surface area contributed by atoms with Gasteiger partial charge in [0.25, 0.3) is 0 Å². The fourth-order valence-corrected chi connectivity index (χ4v) is 4.36. The second-order valence-corrected chi connectivity index (χ2v) is 8.11. The van der Waals surface area contributed by atoms with Crippen LogP contribution in [0.1, 0.15) is 91.4 Å². The van der Waals surface area contributed by atoms with Gasteiger partial charge in [-0.1, -0.05) is 20.8 Å². The molecule has 0 radical (unpaired) electrons. The molecule has 2 unspecified atom stereocenters. The summed E-state index contributed by atoms with van der Waals surface area (Å²) in [5.74, 6) is -0.144. The van der Waals surface area contributed by atoms with Gasteiger partial charge in [-0.3, -0.25) is 4.79 Å². The van der Waals surface area contributed by atoms with E-state index in [1.165, 1.54) is 6.42 Å². The minimum absolute atomic E-state index is 0.0585. The number of rotatable bonds is 5. The highest BCUT2D eigenvalue weighted by Gasteiger charge is 2.41. The molecular formula is C21H39NO4. The standard InChI is InChI=1S/C19H33NO4.C2H6/c1-15-6-5-11-19(15,22)24-23-17-9-7-16(8-10-17)14-18(21)20-12-3-2-4-13-20;1-2/h15-17,22H,2-14H2,1H3;1-2H3. The molecule has 3 fully saturated rings. The summed E-state index contributed by atoms with van der Waals surface area (Å²) in [4.78, 5) is 25.4. The van der Waals surface area contributed by atoms with Crippen LogP contribution in [0.2, 0.25) is 0 Å². The molecule has 26 heavy (non-hydrogen) atoms. The molecule has 3 aliphatic rings.